The van der Waals surface area contributed by atoms with Crippen LogP contribution >= 0.6 is 0 Å². The van der Waals surface area contributed by atoms with E-state index in [-0.39, 0.29) is 11.5 Å². The lowest BCUT2D eigenvalue weighted by Gasteiger charge is -2.24. The third-order valence-corrected chi connectivity index (χ3v) is 3.81. The Morgan fingerprint density at radius 1 is 1.37 bits per heavy atom. The molecule has 0 amide bonds. The van der Waals surface area contributed by atoms with Crippen LogP contribution in [0.3, 0.4) is 0 Å². The van der Waals surface area contributed by atoms with Gasteiger partial charge >= 0.3 is 0 Å². The van der Waals surface area contributed by atoms with Crippen LogP contribution in [0, 0.1) is 5.92 Å². The molecule has 1 saturated heterocycles. The number of methoxy groups -OCH3 is 1. The van der Waals surface area contributed by atoms with Gasteiger partial charge in [-0.05, 0) is 42.6 Å². The molecule has 1 atom stereocenters. The molecule has 1 unspecified atom stereocenters. The summed E-state index contributed by atoms with van der Waals surface area (Å²) in [5, 5.41) is 3.00. The second-order valence-electron chi connectivity index (χ2n) is 5.42. The van der Waals surface area contributed by atoms with Crippen molar-refractivity contribution < 1.29 is 13.5 Å². The summed E-state index contributed by atoms with van der Waals surface area (Å²) in [6, 6.07) is 4.74. The lowest BCUT2D eigenvalue weighted by molar-refractivity contribution is -0.0576. The van der Waals surface area contributed by atoms with Gasteiger partial charge in [0, 0.05) is 18.0 Å². The lowest BCUT2D eigenvalue weighted by Crippen LogP contribution is -2.27. The van der Waals surface area contributed by atoms with Gasteiger partial charge in [0.1, 0.15) is 5.75 Å². The Morgan fingerprint density at radius 2 is 2.11 bits per heavy atom. The summed E-state index contributed by atoms with van der Waals surface area (Å²) in [5.41, 5.74) is 0.941. The standard InChI is InChI=1S/C15H21F2NO/c1-10(2)13-8-11(4-5-14(13)19-3)15(16,17)12-6-7-18-9-12/h4-5,8,10,12,18H,6-7,9H2,1-3H3. The summed E-state index contributed by atoms with van der Waals surface area (Å²) in [4.78, 5) is 0. The van der Waals surface area contributed by atoms with Gasteiger partial charge in [-0.25, -0.2) is 8.78 Å². The molecule has 4 heteroatoms. The number of ether oxygens (including phenoxy) is 1. The minimum Gasteiger partial charge on any atom is -0.496 e. The molecule has 1 N–H and O–H groups in total. The highest BCUT2D eigenvalue weighted by atomic mass is 19.3. The van der Waals surface area contributed by atoms with Crippen LogP contribution < -0.4 is 10.1 Å². The minimum absolute atomic E-state index is 0.102. The number of halogens is 2. The van der Waals surface area contributed by atoms with E-state index in [9.17, 15) is 8.78 Å². The molecule has 19 heavy (non-hydrogen) atoms. The first-order chi connectivity index (χ1) is 8.96. The molecule has 106 valence electrons. The number of nitrogens with one attached hydrogen (secondary N) is 1. The van der Waals surface area contributed by atoms with E-state index in [2.05, 4.69) is 5.32 Å². The van der Waals surface area contributed by atoms with Crippen molar-refractivity contribution in [1.82, 2.24) is 5.32 Å². The summed E-state index contributed by atoms with van der Waals surface area (Å²) in [6.45, 7) is 5.03. The van der Waals surface area contributed by atoms with Crippen molar-refractivity contribution >= 4 is 0 Å². The average Bonchev–Trinajstić information content (AvgIpc) is 2.92. The molecule has 0 radical (unpaired) electrons. The summed E-state index contributed by atoms with van der Waals surface area (Å²) < 4.78 is 34.2. The molecule has 2 nitrogen and oxygen atoms in total. The Morgan fingerprint density at radius 3 is 2.63 bits per heavy atom. The van der Waals surface area contributed by atoms with E-state index in [0.717, 1.165) is 5.56 Å². The predicted octanol–water partition coefficient (Wildman–Crippen LogP) is 3.52. The molecular weight excluding hydrogens is 248 g/mol. The summed E-state index contributed by atoms with van der Waals surface area (Å²) in [6.07, 6.45) is 0.524. The number of benzene rings is 1. The van der Waals surface area contributed by atoms with Crippen LogP contribution in [0.1, 0.15) is 37.3 Å². The topological polar surface area (TPSA) is 21.3 Å². The van der Waals surface area contributed by atoms with E-state index >= 15 is 0 Å². The predicted molar refractivity (Wildman–Crippen MR) is 72.0 cm³/mol. The van der Waals surface area contributed by atoms with Crippen LogP contribution in [0.2, 0.25) is 0 Å². The molecule has 1 heterocycles. The molecule has 0 bridgehead atoms. The second-order valence-corrected chi connectivity index (χ2v) is 5.42. The molecule has 0 aliphatic carbocycles. The Balaban J connectivity index is 2.36. The van der Waals surface area contributed by atoms with Crippen molar-refractivity contribution in [2.45, 2.75) is 32.1 Å². The quantitative estimate of drug-likeness (QED) is 0.903. The summed E-state index contributed by atoms with van der Waals surface area (Å²) in [7, 11) is 1.57. The number of alkyl halides is 2. The van der Waals surface area contributed by atoms with Gasteiger partial charge in [-0.3, -0.25) is 0 Å². The maximum absolute atomic E-state index is 14.5. The highest BCUT2D eigenvalue weighted by Gasteiger charge is 2.42. The number of hydrogen-bond donors (Lipinski definition) is 1. The summed E-state index contributed by atoms with van der Waals surface area (Å²) >= 11 is 0. The van der Waals surface area contributed by atoms with Crippen LogP contribution in [-0.4, -0.2) is 20.2 Å². The Hall–Kier alpha value is -1.16. The van der Waals surface area contributed by atoms with Gasteiger partial charge in [-0.1, -0.05) is 13.8 Å². The molecule has 1 aliphatic heterocycles. The average molecular weight is 269 g/mol. The van der Waals surface area contributed by atoms with E-state index in [1.807, 2.05) is 13.8 Å². The second kappa shape index (κ2) is 5.45. The first-order valence-electron chi connectivity index (χ1n) is 6.73. The van der Waals surface area contributed by atoms with E-state index in [1.54, 1.807) is 19.2 Å². The van der Waals surface area contributed by atoms with Crippen LogP contribution in [0.5, 0.6) is 5.75 Å². The normalized spacial score (nSPS) is 20.0. The van der Waals surface area contributed by atoms with Gasteiger partial charge in [-0.15, -0.1) is 0 Å². The largest absolute Gasteiger partial charge is 0.496 e. The minimum atomic E-state index is -2.78. The van der Waals surface area contributed by atoms with Crippen molar-refractivity contribution in [2.75, 3.05) is 20.2 Å². The lowest BCUT2D eigenvalue weighted by atomic mass is 9.90. The smallest absolute Gasteiger partial charge is 0.277 e. The fourth-order valence-corrected chi connectivity index (χ4v) is 2.59. The van der Waals surface area contributed by atoms with E-state index < -0.39 is 11.8 Å². The van der Waals surface area contributed by atoms with Crippen molar-refractivity contribution in [3.05, 3.63) is 29.3 Å². The van der Waals surface area contributed by atoms with Gasteiger partial charge in [-0.2, -0.15) is 0 Å². The van der Waals surface area contributed by atoms with Crippen molar-refractivity contribution in [3.8, 4) is 5.75 Å². The Bertz CT molecular complexity index is 440. The molecule has 1 fully saturated rings. The van der Waals surface area contributed by atoms with Gasteiger partial charge in [0.2, 0.25) is 0 Å². The van der Waals surface area contributed by atoms with E-state index in [1.165, 1.54) is 6.07 Å². The maximum atomic E-state index is 14.5. The zero-order valence-corrected chi connectivity index (χ0v) is 11.7. The van der Waals surface area contributed by atoms with Gasteiger partial charge in [0.25, 0.3) is 5.92 Å². The first-order valence-corrected chi connectivity index (χ1v) is 6.73. The molecule has 0 saturated carbocycles. The third-order valence-electron chi connectivity index (χ3n) is 3.81. The Labute approximate surface area is 113 Å². The van der Waals surface area contributed by atoms with Crippen LogP contribution in [0.15, 0.2) is 18.2 Å². The van der Waals surface area contributed by atoms with Gasteiger partial charge in [0.15, 0.2) is 0 Å². The van der Waals surface area contributed by atoms with Crippen LogP contribution in [0.4, 0.5) is 8.78 Å². The molecule has 2 rings (SSSR count). The zero-order valence-electron chi connectivity index (χ0n) is 11.7. The van der Waals surface area contributed by atoms with Crippen molar-refractivity contribution in [2.24, 2.45) is 5.92 Å². The van der Waals surface area contributed by atoms with Crippen molar-refractivity contribution in [1.29, 1.82) is 0 Å². The highest BCUT2D eigenvalue weighted by molar-refractivity contribution is 5.41. The van der Waals surface area contributed by atoms with Crippen molar-refractivity contribution in [3.63, 3.8) is 0 Å². The maximum Gasteiger partial charge on any atom is 0.277 e. The molecule has 1 aromatic rings. The van der Waals surface area contributed by atoms with Gasteiger partial charge < -0.3 is 10.1 Å². The Kier molecular flexibility index (Phi) is 4.09. The highest BCUT2D eigenvalue weighted by Crippen LogP contribution is 2.41. The molecule has 1 aliphatic rings. The zero-order chi connectivity index (χ0) is 14.0. The van der Waals surface area contributed by atoms with E-state index in [0.29, 0.717) is 25.3 Å². The fraction of sp³-hybridized carbons (Fsp3) is 0.600. The monoisotopic (exact) mass is 269 g/mol. The molecule has 1 aromatic carbocycles. The van der Waals surface area contributed by atoms with Crippen LogP contribution in [-0.2, 0) is 5.92 Å². The fourth-order valence-electron chi connectivity index (χ4n) is 2.59. The third kappa shape index (κ3) is 2.73. The summed E-state index contributed by atoms with van der Waals surface area (Å²) in [5.74, 6) is -2.55. The first kappa shape index (κ1) is 14.3. The number of hydrogen-bond acceptors (Lipinski definition) is 2. The van der Waals surface area contributed by atoms with Crippen LogP contribution in [0.25, 0.3) is 0 Å². The molecule has 0 spiro atoms. The molecule has 0 aromatic heterocycles. The van der Waals surface area contributed by atoms with Gasteiger partial charge in [0.05, 0.1) is 7.11 Å². The molecular formula is C15H21F2NO. The van der Waals surface area contributed by atoms with E-state index in [4.69, 9.17) is 4.74 Å². The number of rotatable bonds is 4. The SMILES string of the molecule is COc1ccc(C(F)(F)C2CCNC2)cc1C(C)C.